The zero-order valence-electron chi connectivity index (χ0n) is 20.5. The molecule has 5 nitrogen and oxygen atoms in total. The Morgan fingerprint density at radius 1 is 1.29 bits per heavy atom. The normalized spacial score (nSPS) is 19.9. The van der Waals surface area contributed by atoms with Gasteiger partial charge in [0.05, 0.1) is 12.6 Å². The highest BCUT2D eigenvalue weighted by Gasteiger charge is 2.30. The molecule has 3 atom stereocenters. The van der Waals surface area contributed by atoms with E-state index < -0.39 is 12.1 Å². The molecular formula is C27H39FN2O3S. The maximum atomic E-state index is 15.5. The fourth-order valence-electron chi connectivity index (χ4n) is 4.98. The van der Waals surface area contributed by atoms with Crippen LogP contribution in [0, 0.1) is 11.8 Å². The minimum absolute atomic E-state index is 0.189. The summed E-state index contributed by atoms with van der Waals surface area (Å²) < 4.78 is 20.8. The molecule has 0 bridgehead atoms. The minimum Gasteiger partial charge on any atom is -0.497 e. The van der Waals surface area contributed by atoms with Crippen molar-refractivity contribution >= 4 is 28.6 Å². The van der Waals surface area contributed by atoms with Gasteiger partial charge in [0.25, 0.3) is 0 Å². The van der Waals surface area contributed by atoms with Crippen LogP contribution in [0.1, 0.15) is 63.6 Å². The van der Waals surface area contributed by atoms with Crippen molar-refractivity contribution in [3.63, 3.8) is 0 Å². The number of hydrogen-bond donors (Lipinski definition) is 1. The number of hydrogen-bond acceptors (Lipinski definition) is 5. The molecule has 0 aliphatic carbocycles. The Bertz CT molecular complexity index is 913. The molecule has 0 amide bonds. The quantitative estimate of drug-likeness (QED) is 0.311. The summed E-state index contributed by atoms with van der Waals surface area (Å²) in [4.78, 5) is 18.1. The van der Waals surface area contributed by atoms with Gasteiger partial charge < -0.3 is 14.7 Å². The molecule has 0 saturated carbocycles. The molecule has 1 N–H and O–H groups in total. The van der Waals surface area contributed by atoms with Crippen molar-refractivity contribution in [1.82, 2.24) is 9.88 Å². The Morgan fingerprint density at radius 3 is 2.91 bits per heavy atom. The molecule has 1 saturated heterocycles. The van der Waals surface area contributed by atoms with Crippen LogP contribution in [-0.2, 0) is 4.79 Å². The molecule has 1 aliphatic rings. The van der Waals surface area contributed by atoms with Gasteiger partial charge in [0.1, 0.15) is 11.9 Å². The van der Waals surface area contributed by atoms with Crippen molar-refractivity contribution < 1.29 is 19.0 Å². The molecule has 3 rings (SSSR count). The Morgan fingerprint density at radius 2 is 2.15 bits per heavy atom. The fraction of sp³-hybridized carbons (Fsp3) is 0.630. The summed E-state index contributed by atoms with van der Waals surface area (Å²) in [5.74, 6) is 2.97. The molecule has 1 aromatic heterocycles. The van der Waals surface area contributed by atoms with E-state index in [-0.39, 0.29) is 6.42 Å². The number of benzene rings is 1. The van der Waals surface area contributed by atoms with E-state index in [0.717, 1.165) is 49.1 Å². The number of likely N-dealkylation sites (tertiary alicyclic amines) is 1. The van der Waals surface area contributed by atoms with Gasteiger partial charge in [-0.2, -0.15) is 11.8 Å². The number of alkyl halides is 1. The molecule has 0 radical (unpaired) electrons. The number of aromatic nitrogens is 1. The number of halogens is 1. The predicted octanol–water partition coefficient (Wildman–Crippen LogP) is 6.37. The zero-order valence-corrected chi connectivity index (χ0v) is 21.4. The molecule has 188 valence electrons. The number of thioether (sulfide) groups is 1. The van der Waals surface area contributed by atoms with Gasteiger partial charge in [0, 0.05) is 36.8 Å². The van der Waals surface area contributed by atoms with Crippen LogP contribution in [0.25, 0.3) is 10.9 Å². The molecular weight excluding hydrogens is 451 g/mol. The predicted molar refractivity (Wildman–Crippen MR) is 139 cm³/mol. The topological polar surface area (TPSA) is 62.7 Å². The number of nitrogens with zero attached hydrogens (tertiary/aromatic N) is 2. The van der Waals surface area contributed by atoms with E-state index in [2.05, 4.69) is 16.8 Å². The third-order valence-corrected chi connectivity index (χ3v) is 8.06. The monoisotopic (exact) mass is 490 g/mol. The first kappa shape index (κ1) is 26.7. The zero-order chi connectivity index (χ0) is 24.3. The number of pyridine rings is 1. The van der Waals surface area contributed by atoms with Crippen LogP contribution in [0.3, 0.4) is 0 Å². The van der Waals surface area contributed by atoms with Crippen LogP contribution in [0.4, 0.5) is 4.39 Å². The Balaban J connectivity index is 1.59. The Kier molecular flexibility index (Phi) is 10.9. The van der Waals surface area contributed by atoms with E-state index in [1.54, 1.807) is 19.4 Å². The van der Waals surface area contributed by atoms with E-state index in [9.17, 15) is 9.90 Å². The van der Waals surface area contributed by atoms with Crippen molar-refractivity contribution in [3.8, 4) is 5.75 Å². The molecule has 34 heavy (non-hydrogen) atoms. The minimum atomic E-state index is -1.08. The number of rotatable bonds is 14. The number of piperidine rings is 1. The number of carboxylic acid groups (broad SMARTS) is 1. The lowest BCUT2D eigenvalue weighted by atomic mass is 9.79. The summed E-state index contributed by atoms with van der Waals surface area (Å²) in [5, 5.41) is 10.0. The molecule has 1 fully saturated rings. The molecule has 2 heterocycles. The maximum absolute atomic E-state index is 15.5. The number of methoxy groups -OCH3 is 1. The van der Waals surface area contributed by atoms with Crippen LogP contribution in [-0.4, -0.2) is 59.2 Å². The number of carboxylic acids is 1. The summed E-state index contributed by atoms with van der Waals surface area (Å²) in [6.45, 7) is 5.23. The van der Waals surface area contributed by atoms with Gasteiger partial charge in [-0.05, 0) is 86.1 Å². The lowest BCUT2D eigenvalue weighted by molar-refractivity contribution is -0.137. The van der Waals surface area contributed by atoms with Crippen LogP contribution in [0.15, 0.2) is 30.5 Å². The highest BCUT2D eigenvalue weighted by Crippen LogP contribution is 2.36. The molecule has 0 spiro atoms. The van der Waals surface area contributed by atoms with Gasteiger partial charge in [-0.25, -0.2) is 4.39 Å². The van der Waals surface area contributed by atoms with Crippen molar-refractivity contribution in [3.05, 3.63) is 36.0 Å². The van der Waals surface area contributed by atoms with Crippen molar-refractivity contribution in [2.75, 3.05) is 38.2 Å². The van der Waals surface area contributed by atoms with Crippen LogP contribution in [0.5, 0.6) is 5.75 Å². The molecule has 2 aromatic rings. The first-order chi connectivity index (χ1) is 16.5. The number of fused-ring (bicyclic) bond motifs is 1. The SMILES string of the molecule is CCCCSCCN1CC[C@@H](CC[C@@H](F)c2ccnc3ccc(OC)cc23)[C@H](CCC(=O)O)C1. The smallest absolute Gasteiger partial charge is 0.303 e. The maximum Gasteiger partial charge on any atom is 0.303 e. The summed E-state index contributed by atoms with van der Waals surface area (Å²) in [6, 6.07) is 7.34. The van der Waals surface area contributed by atoms with E-state index in [4.69, 9.17) is 4.74 Å². The van der Waals surface area contributed by atoms with Crippen molar-refractivity contribution in [1.29, 1.82) is 0 Å². The van der Waals surface area contributed by atoms with E-state index in [0.29, 0.717) is 36.0 Å². The second-order valence-corrected chi connectivity index (χ2v) is 10.6. The summed E-state index contributed by atoms with van der Waals surface area (Å²) >= 11 is 2.01. The second kappa shape index (κ2) is 13.9. The third-order valence-electron chi connectivity index (χ3n) is 7.01. The second-order valence-electron chi connectivity index (χ2n) is 9.34. The van der Waals surface area contributed by atoms with E-state index in [1.165, 1.54) is 18.6 Å². The van der Waals surface area contributed by atoms with E-state index >= 15 is 4.39 Å². The average molecular weight is 491 g/mol. The van der Waals surface area contributed by atoms with Gasteiger partial charge >= 0.3 is 5.97 Å². The Hall–Kier alpha value is -1.86. The third kappa shape index (κ3) is 7.84. The first-order valence-electron chi connectivity index (χ1n) is 12.6. The standard InChI is InChI=1S/C27H39FN2O3S/c1-3-4-16-34-17-15-30-14-12-20(21(19-30)6-10-27(31)32)5-8-25(28)23-11-13-29-26-9-7-22(33-2)18-24(23)26/h7,9,11,13,18,20-21,25H,3-6,8,10,12,14-17,19H2,1-2H3,(H,31,32)/t20-,21-,25-/m1/s1. The summed E-state index contributed by atoms with van der Waals surface area (Å²) in [7, 11) is 1.61. The van der Waals surface area contributed by atoms with Gasteiger partial charge in [0.15, 0.2) is 0 Å². The molecule has 0 unspecified atom stereocenters. The molecule has 1 aromatic carbocycles. The molecule has 1 aliphatic heterocycles. The van der Waals surface area contributed by atoms with Gasteiger partial charge in [0.2, 0.25) is 0 Å². The Labute approximate surface area is 207 Å². The highest BCUT2D eigenvalue weighted by atomic mass is 32.2. The van der Waals surface area contributed by atoms with Crippen LogP contribution in [0.2, 0.25) is 0 Å². The average Bonchev–Trinajstić information content (AvgIpc) is 2.85. The summed E-state index contributed by atoms with van der Waals surface area (Å²) in [5.41, 5.74) is 1.43. The molecule has 7 heteroatoms. The largest absolute Gasteiger partial charge is 0.497 e. The number of unbranched alkanes of at least 4 members (excludes halogenated alkanes) is 1. The van der Waals surface area contributed by atoms with Crippen molar-refractivity contribution in [2.45, 2.75) is 58.0 Å². The van der Waals surface area contributed by atoms with Gasteiger partial charge in [-0.15, -0.1) is 0 Å². The van der Waals surface area contributed by atoms with Crippen LogP contribution >= 0.6 is 11.8 Å². The van der Waals surface area contributed by atoms with E-state index in [1.807, 2.05) is 30.0 Å². The van der Waals surface area contributed by atoms with Gasteiger partial charge in [-0.1, -0.05) is 13.3 Å². The van der Waals surface area contributed by atoms with Gasteiger partial charge in [-0.3, -0.25) is 9.78 Å². The van der Waals surface area contributed by atoms with Crippen LogP contribution < -0.4 is 4.74 Å². The number of aliphatic carboxylic acids is 1. The summed E-state index contributed by atoms with van der Waals surface area (Å²) in [6.07, 6.45) is 6.18. The van der Waals surface area contributed by atoms with Crippen molar-refractivity contribution in [2.24, 2.45) is 11.8 Å². The lowest BCUT2D eigenvalue weighted by Crippen LogP contribution is -2.41. The number of carbonyl (C=O) groups is 1. The lowest BCUT2D eigenvalue weighted by Gasteiger charge is -2.39. The fourth-order valence-corrected chi connectivity index (χ4v) is 6.06. The number of ether oxygens (including phenoxy) is 1. The highest BCUT2D eigenvalue weighted by molar-refractivity contribution is 7.99. The first-order valence-corrected chi connectivity index (χ1v) is 13.8.